The molecule has 0 radical (unpaired) electrons. The molecule has 0 saturated heterocycles. The van der Waals surface area contributed by atoms with Crippen LogP contribution in [0, 0.1) is 12.7 Å². The highest BCUT2D eigenvalue weighted by Gasteiger charge is 2.18. The molecule has 4 aromatic rings. The number of H-pyrrole nitrogens is 2. The van der Waals surface area contributed by atoms with Crippen LogP contribution in [-0.4, -0.2) is 30.3 Å². The highest BCUT2D eigenvalue weighted by atomic mass is 35.5. The molecule has 0 unspecified atom stereocenters. The van der Waals surface area contributed by atoms with Crippen LogP contribution in [0.3, 0.4) is 0 Å². The fourth-order valence-electron chi connectivity index (χ4n) is 2.69. The van der Waals surface area contributed by atoms with Crippen LogP contribution in [0.25, 0.3) is 22.4 Å². The summed E-state index contributed by atoms with van der Waals surface area (Å²) in [6.07, 6.45) is 0.465. The van der Waals surface area contributed by atoms with E-state index in [-0.39, 0.29) is 11.6 Å². The van der Waals surface area contributed by atoms with Crippen molar-refractivity contribution in [1.82, 2.24) is 25.1 Å². The number of nitrogens with one attached hydrogen (secondary N) is 2. The third-order valence-corrected chi connectivity index (χ3v) is 4.16. The number of hydrogen-bond donors (Lipinski definition) is 3. The summed E-state index contributed by atoms with van der Waals surface area (Å²) in [7, 11) is 0. The van der Waals surface area contributed by atoms with E-state index in [4.69, 9.17) is 11.6 Å². The Bertz CT molecular complexity index is 1070. The van der Waals surface area contributed by atoms with Crippen LogP contribution in [0.2, 0.25) is 5.02 Å². The molecule has 2 aromatic heterocycles. The van der Waals surface area contributed by atoms with Crippen LogP contribution >= 0.6 is 11.6 Å². The van der Waals surface area contributed by atoms with Gasteiger partial charge in [0.2, 0.25) is 0 Å². The molecule has 0 aliphatic heterocycles. The number of benzene rings is 2. The van der Waals surface area contributed by atoms with E-state index in [2.05, 4.69) is 25.1 Å². The number of aromatic hydroxyl groups is 1. The van der Waals surface area contributed by atoms with Crippen molar-refractivity contribution >= 4 is 22.6 Å². The summed E-state index contributed by atoms with van der Waals surface area (Å²) in [5.41, 5.74) is 2.25. The molecule has 0 fully saturated rings. The first-order chi connectivity index (χ1) is 12.0. The minimum absolute atomic E-state index is 0.00710. The number of halogens is 2. The first-order valence-corrected chi connectivity index (χ1v) is 7.93. The number of aromatic nitrogens is 5. The van der Waals surface area contributed by atoms with Gasteiger partial charge in [-0.25, -0.2) is 14.4 Å². The Labute approximate surface area is 146 Å². The van der Waals surface area contributed by atoms with E-state index in [9.17, 15) is 9.50 Å². The molecule has 0 amide bonds. The molecule has 3 N–H and O–H groups in total. The van der Waals surface area contributed by atoms with Crippen molar-refractivity contribution < 1.29 is 9.50 Å². The van der Waals surface area contributed by atoms with Crippen molar-refractivity contribution in [2.75, 3.05) is 0 Å². The summed E-state index contributed by atoms with van der Waals surface area (Å²) < 4.78 is 13.0. The summed E-state index contributed by atoms with van der Waals surface area (Å²) in [5.74, 6) is 1.28. The van der Waals surface area contributed by atoms with E-state index in [1.807, 2.05) is 0 Å². The molecule has 126 valence electrons. The van der Waals surface area contributed by atoms with Gasteiger partial charge in [0, 0.05) is 6.42 Å². The van der Waals surface area contributed by atoms with Gasteiger partial charge in [-0.15, -0.1) is 0 Å². The van der Waals surface area contributed by atoms with Crippen molar-refractivity contribution in [3.8, 4) is 17.1 Å². The number of phenolic OH excluding ortho intramolecular Hbond substituents is 1. The number of fused-ring (bicyclic) bond motifs is 1. The summed E-state index contributed by atoms with van der Waals surface area (Å²) in [4.78, 5) is 11.6. The number of rotatable bonds is 3. The van der Waals surface area contributed by atoms with E-state index >= 15 is 0 Å². The van der Waals surface area contributed by atoms with Gasteiger partial charge >= 0.3 is 0 Å². The average molecular weight is 358 g/mol. The largest absolute Gasteiger partial charge is 0.505 e. The minimum Gasteiger partial charge on any atom is -0.505 e. The van der Waals surface area contributed by atoms with Crippen molar-refractivity contribution in [1.29, 1.82) is 0 Å². The van der Waals surface area contributed by atoms with Crippen LogP contribution < -0.4 is 0 Å². The van der Waals surface area contributed by atoms with Gasteiger partial charge in [0.15, 0.2) is 11.6 Å². The quantitative estimate of drug-likeness (QED) is 0.521. The Morgan fingerprint density at radius 2 is 1.96 bits per heavy atom. The molecule has 6 nitrogen and oxygen atoms in total. The zero-order valence-corrected chi connectivity index (χ0v) is 13.9. The number of hydrogen-bond acceptors (Lipinski definition) is 4. The molecular formula is C17H13ClFN5O. The summed E-state index contributed by atoms with van der Waals surface area (Å²) in [6, 6.07) is 7.75. The lowest BCUT2D eigenvalue weighted by atomic mass is 10.1. The summed E-state index contributed by atoms with van der Waals surface area (Å²) in [6.45, 7) is 1.78. The van der Waals surface area contributed by atoms with Gasteiger partial charge in [0.1, 0.15) is 28.5 Å². The van der Waals surface area contributed by atoms with E-state index in [1.54, 1.807) is 25.1 Å². The average Bonchev–Trinajstić information content (AvgIpc) is 3.20. The number of aryl methyl sites for hydroxylation is 1. The summed E-state index contributed by atoms with van der Waals surface area (Å²) >= 11 is 6.25. The molecule has 0 aliphatic carbocycles. The Kier molecular flexibility index (Phi) is 3.65. The van der Waals surface area contributed by atoms with Crippen LogP contribution in [0.1, 0.15) is 17.2 Å². The second kappa shape index (κ2) is 5.86. The number of phenols is 1. The predicted octanol–water partition coefficient (Wildman–Crippen LogP) is 3.75. The highest BCUT2D eigenvalue weighted by molar-refractivity contribution is 6.35. The second-order valence-corrected chi connectivity index (χ2v) is 6.12. The molecule has 2 aromatic carbocycles. The van der Waals surface area contributed by atoms with Gasteiger partial charge in [-0.3, -0.25) is 5.10 Å². The van der Waals surface area contributed by atoms with E-state index < -0.39 is 0 Å². The molecule has 4 rings (SSSR count). The number of aromatic amines is 2. The van der Waals surface area contributed by atoms with Gasteiger partial charge in [-0.2, -0.15) is 5.10 Å². The summed E-state index contributed by atoms with van der Waals surface area (Å²) in [5, 5.41) is 17.9. The van der Waals surface area contributed by atoms with Crippen LogP contribution in [0.5, 0.6) is 5.75 Å². The first-order valence-electron chi connectivity index (χ1n) is 7.55. The Balaban J connectivity index is 1.71. The van der Waals surface area contributed by atoms with E-state index in [0.717, 1.165) is 5.56 Å². The van der Waals surface area contributed by atoms with Crippen LogP contribution in [0.15, 0.2) is 30.3 Å². The standard InChI is InChI=1S/C17H13ClFN5O/c1-8-20-14-12(18)7-11(16(25)15(14)21-8)17-22-13(23-24-17)6-9-2-4-10(19)5-3-9/h2-5,7,25H,6H2,1H3,(H,20,21)(H,22,23,24). The van der Waals surface area contributed by atoms with Crippen molar-refractivity contribution in [2.45, 2.75) is 13.3 Å². The highest BCUT2D eigenvalue weighted by Crippen LogP contribution is 2.37. The Hall–Kier alpha value is -2.93. The lowest BCUT2D eigenvalue weighted by Gasteiger charge is -2.03. The second-order valence-electron chi connectivity index (χ2n) is 5.71. The van der Waals surface area contributed by atoms with Gasteiger partial charge < -0.3 is 10.1 Å². The van der Waals surface area contributed by atoms with Crippen molar-refractivity contribution in [2.24, 2.45) is 0 Å². The zero-order chi connectivity index (χ0) is 17.6. The van der Waals surface area contributed by atoms with Crippen molar-refractivity contribution in [3.05, 3.63) is 58.4 Å². The Morgan fingerprint density at radius 3 is 2.72 bits per heavy atom. The molecule has 0 saturated carbocycles. The molecule has 0 atom stereocenters. The maximum absolute atomic E-state index is 13.0. The normalized spacial score (nSPS) is 11.3. The van der Waals surface area contributed by atoms with Crippen molar-refractivity contribution in [3.63, 3.8) is 0 Å². The fraction of sp³-hybridized carbons (Fsp3) is 0.118. The lowest BCUT2D eigenvalue weighted by molar-refractivity contribution is 0.482. The molecule has 0 bridgehead atoms. The fourth-order valence-corrected chi connectivity index (χ4v) is 2.94. The third kappa shape index (κ3) is 2.83. The maximum atomic E-state index is 13.0. The predicted molar refractivity (Wildman–Crippen MR) is 92.1 cm³/mol. The SMILES string of the molecule is Cc1nc2c(Cl)cc(-c3n[nH]c(Cc4ccc(F)cc4)n3)c(O)c2[nH]1. The molecule has 25 heavy (non-hydrogen) atoms. The smallest absolute Gasteiger partial charge is 0.185 e. The van der Waals surface area contributed by atoms with Gasteiger partial charge in [-0.1, -0.05) is 23.7 Å². The molecular weight excluding hydrogens is 345 g/mol. The zero-order valence-electron chi connectivity index (χ0n) is 13.1. The minimum atomic E-state index is -0.287. The van der Waals surface area contributed by atoms with Gasteiger partial charge in [0.05, 0.1) is 10.6 Å². The molecule has 2 heterocycles. The first kappa shape index (κ1) is 15.6. The number of imidazole rings is 1. The molecule has 8 heteroatoms. The maximum Gasteiger partial charge on any atom is 0.185 e. The van der Waals surface area contributed by atoms with Gasteiger partial charge in [-0.05, 0) is 30.7 Å². The lowest BCUT2D eigenvalue weighted by Crippen LogP contribution is -1.91. The van der Waals surface area contributed by atoms with E-state index in [1.165, 1.54) is 12.1 Å². The van der Waals surface area contributed by atoms with Gasteiger partial charge in [0.25, 0.3) is 0 Å². The monoisotopic (exact) mass is 357 g/mol. The molecule has 0 aliphatic rings. The Morgan fingerprint density at radius 1 is 1.20 bits per heavy atom. The van der Waals surface area contributed by atoms with E-state index in [0.29, 0.717) is 45.5 Å². The van der Waals surface area contributed by atoms with Crippen LogP contribution in [0.4, 0.5) is 4.39 Å². The topological polar surface area (TPSA) is 90.5 Å². The molecule has 0 spiro atoms. The number of nitrogens with zero attached hydrogens (tertiary/aromatic N) is 3. The van der Waals surface area contributed by atoms with Crippen LogP contribution in [-0.2, 0) is 6.42 Å². The third-order valence-electron chi connectivity index (χ3n) is 3.87.